The van der Waals surface area contributed by atoms with Crippen molar-refractivity contribution in [3.8, 4) is 11.6 Å². The number of nitrogens with zero attached hydrogens (tertiary/aromatic N) is 4. The SMILES string of the molecule is COc1ccc(C(=O)N(CC2CCOCC2)c2ccccn2)c(N2CCC(COc3cc(C(CC(=O)O)C4CC4)ccn3)CC2)c1. The molecule has 0 radical (unpaired) electrons. The van der Waals surface area contributed by atoms with E-state index in [-0.39, 0.29) is 18.2 Å². The van der Waals surface area contributed by atoms with Gasteiger partial charge in [0, 0.05) is 57.4 Å². The van der Waals surface area contributed by atoms with E-state index in [4.69, 9.17) is 14.2 Å². The van der Waals surface area contributed by atoms with Crippen molar-refractivity contribution in [2.75, 3.05) is 56.4 Å². The van der Waals surface area contributed by atoms with Gasteiger partial charge in [-0.15, -0.1) is 0 Å². The highest BCUT2D eigenvalue weighted by Gasteiger charge is 2.34. The van der Waals surface area contributed by atoms with E-state index in [9.17, 15) is 14.7 Å². The predicted molar refractivity (Wildman–Crippen MR) is 175 cm³/mol. The summed E-state index contributed by atoms with van der Waals surface area (Å²) in [5, 5.41) is 9.41. The van der Waals surface area contributed by atoms with Crippen LogP contribution >= 0.6 is 0 Å². The molecule has 1 aromatic carbocycles. The summed E-state index contributed by atoms with van der Waals surface area (Å²) >= 11 is 0. The molecule has 3 aromatic rings. The third-order valence-corrected chi connectivity index (χ3v) is 9.58. The van der Waals surface area contributed by atoms with Crippen LogP contribution in [-0.2, 0) is 9.53 Å². The Morgan fingerprint density at radius 2 is 1.78 bits per heavy atom. The molecular formula is C36H44N4O6. The molecule has 1 amide bonds. The quantitative estimate of drug-likeness (QED) is 0.250. The summed E-state index contributed by atoms with van der Waals surface area (Å²) in [6, 6.07) is 15.2. The van der Waals surface area contributed by atoms with Gasteiger partial charge in [0.05, 0.1) is 31.4 Å². The van der Waals surface area contributed by atoms with Crippen LogP contribution in [0.1, 0.15) is 66.8 Å². The van der Waals surface area contributed by atoms with Crippen molar-refractivity contribution in [1.82, 2.24) is 9.97 Å². The molecular weight excluding hydrogens is 584 g/mol. The number of carboxylic acid groups (broad SMARTS) is 1. The molecule has 1 aliphatic carbocycles. The molecule has 1 atom stereocenters. The third kappa shape index (κ3) is 7.96. The minimum absolute atomic E-state index is 0.0103. The van der Waals surface area contributed by atoms with Crippen molar-refractivity contribution in [2.45, 2.75) is 50.9 Å². The average Bonchev–Trinajstić information content (AvgIpc) is 3.95. The first-order valence-corrected chi connectivity index (χ1v) is 16.5. The van der Waals surface area contributed by atoms with E-state index in [1.807, 2.05) is 53.4 Å². The van der Waals surface area contributed by atoms with Crippen LogP contribution in [-0.4, -0.2) is 73.5 Å². The number of piperidine rings is 1. The van der Waals surface area contributed by atoms with Crippen LogP contribution in [0.2, 0.25) is 0 Å². The number of rotatable bonds is 13. The topological polar surface area (TPSA) is 114 Å². The van der Waals surface area contributed by atoms with E-state index in [2.05, 4.69) is 14.9 Å². The van der Waals surface area contributed by atoms with Gasteiger partial charge in [0.15, 0.2) is 0 Å². The monoisotopic (exact) mass is 628 g/mol. The van der Waals surface area contributed by atoms with E-state index >= 15 is 0 Å². The maximum Gasteiger partial charge on any atom is 0.303 e. The van der Waals surface area contributed by atoms with Crippen LogP contribution in [0, 0.1) is 17.8 Å². The van der Waals surface area contributed by atoms with Crippen LogP contribution in [0.25, 0.3) is 0 Å². The second kappa shape index (κ2) is 14.9. The summed E-state index contributed by atoms with van der Waals surface area (Å²) in [5.41, 5.74) is 2.51. The fourth-order valence-electron chi connectivity index (χ4n) is 6.73. The molecule has 46 heavy (non-hydrogen) atoms. The van der Waals surface area contributed by atoms with Gasteiger partial charge >= 0.3 is 5.97 Å². The lowest BCUT2D eigenvalue weighted by Gasteiger charge is -2.35. The molecule has 3 aliphatic rings. The zero-order valence-electron chi connectivity index (χ0n) is 26.6. The maximum absolute atomic E-state index is 14.3. The van der Waals surface area contributed by atoms with Crippen LogP contribution in [0.15, 0.2) is 60.9 Å². The Labute approximate surface area is 270 Å². The fraction of sp³-hybridized carbons (Fsp3) is 0.500. The van der Waals surface area contributed by atoms with Crippen LogP contribution in [0.3, 0.4) is 0 Å². The number of carbonyl (C=O) groups is 2. The lowest BCUT2D eigenvalue weighted by Crippen LogP contribution is -2.40. The summed E-state index contributed by atoms with van der Waals surface area (Å²) in [6.45, 7) is 4.13. The Morgan fingerprint density at radius 1 is 0.978 bits per heavy atom. The number of aliphatic carboxylic acids is 1. The van der Waals surface area contributed by atoms with E-state index in [0.717, 1.165) is 62.9 Å². The molecule has 2 saturated heterocycles. The molecule has 2 aromatic heterocycles. The van der Waals surface area contributed by atoms with Crippen molar-refractivity contribution >= 4 is 23.4 Å². The minimum Gasteiger partial charge on any atom is -0.497 e. The van der Waals surface area contributed by atoms with Crippen molar-refractivity contribution in [3.63, 3.8) is 0 Å². The summed E-state index contributed by atoms with van der Waals surface area (Å²) < 4.78 is 17.3. The molecule has 0 bridgehead atoms. The number of pyridine rings is 2. The number of carboxylic acids is 1. The van der Waals surface area contributed by atoms with Crippen LogP contribution in [0.5, 0.6) is 11.6 Å². The number of methoxy groups -OCH3 is 1. The number of aromatic nitrogens is 2. The predicted octanol–water partition coefficient (Wildman–Crippen LogP) is 5.82. The maximum atomic E-state index is 14.3. The minimum atomic E-state index is -0.771. The smallest absolute Gasteiger partial charge is 0.303 e. The first-order valence-electron chi connectivity index (χ1n) is 16.5. The van der Waals surface area contributed by atoms with Crippen molar-refractivity contribution < 1.29 is 28.9 Å². The molecule has 10 heteroatoms. The first kappa shape index (κ1) is 31.8. The van der Waals surface area contributed by atoms with E-state index in [0.29, 0.717) is 67.1 Å². The Balaban J connectivity index is 1.13. The zero-order chi connectivity index (χ0) is 31.9. The van der Waals surface area contributed by atoms with E-state index in [1.54, 1.807) is 19.5 Å². The second-order valence-electron chi connectivity index (χ2n) is 12.8. The number of carbonyl (C=O) groups excluding carboxylic acids is 1. The van der Waals surface area contributed by atoms with Crippen molar-refractivity contribution in [3.05, 3.63) is 72.1 Å². The number of hydrogen-bond donors (Lipinski definition) is 1. The number of anilines is 2. The van der Waals surface area contributed by atoms with Gasteiger partial charge in [-0.1, -0.05) is 6.07 Å². The van der Waals surface area contributed by atoms with Gasteiger partial charge in [-0.2, -0.15) is 0 Å². The van der Waals surface area contributed by atoms with Crippen molar-refractivity contribution in [2.24, 2.45) is 17.8 Å². The number of amides is 1. The molecule has 1 unspecified atom stereocenters. The lowest BCUT2D eigenvalue weighted by molar-refractivity contribution is -0.137. The fourth-order valence-corrected chi connectivity index (χ4v) is 6.73. The molecule has 1 saturated carbocycles. The van der Waals surface area contributed by atoms with Gasteiger partial charge in [-0.25, -0.2) is 9.97 Å². The highest BCUT2D eigenvalue weighted by molar-refractivity contribution is 6.09. The molecule has 6 rings (SSSR count). The Hall–Kier alpha value is -4.18. The molecule has 1 N–H and O–H groups in total. The van der Waals surface area contributed by atoms with Gasteiger partial charge in [0.1, 0.15) is 11.6 Å². The Bertz CT molecular complexity index is 1470. The average molecular weight is 629 g/mol. The Kier molecular flexibility index (Phi) is 10.3. The van der Waals surface area contributed by atoms with Gasteiger partial charge in [-0.3, -0.25) is 14.5 Å². The molecule has 244 valence electrons. The molecule has 0 spiro atoms. The summed E-state index contributed by atoms with van der Waals surface area (Å²) in [4.78, 5) is 38.8. The highest BCUT2D eigenvalue weighted by Crippen LogP contribution is 2.45. The van der Waals surface area contributed by atoms with E-state index in [1.165, 1.54) is 0 Å². The summed E-state index contributed by atoms with van der Waals surface area (Å²) in [5.74, 6) is 2.21. The first-order chi connectivity index (χ1) is 22.5. The molecule has 4 heterocycles. The largest absolute Gasteiger partial charge is 0.497 e. The molecule has 10 nitrogen and oxygen atoms in total. The van der Waals surface area contributed by atoms with Crippen LogP contribution in [0.4, 0.5) is 11.5 Å². The standard InChI is InChI=1S/C36H44N4O6/c1-44-29-7-8-30(36(43)40(33-4-2-3-14-37-33)23-25-12-18-45-19-13-25)32(21-29)39-16-10-26(11-17-39)24-46-34-20-28(9-15-38-34)31(22-35(41)42)27-5-6-27/h2-4,7-9,14-15,20-21,25-27,31H,5-6,10-13,16-19,22-24H2,1H3,(H,41,42). The van der Waals surface area contributed by atoms with Gasteiger partial charge < -0.3 is 24.2 Å². The zero-order valence-corrected chi connectivity index (χ0v) is 26.6. The lowest BCUT2D eigenvalue weighted by atomic mass is 9.92. The Morgan fingerprint density at radius 3 is 2.48 bits per heavy atom. The van der Waals surface area contributed by atoms with Crippen LogP contribution < -0.4 is 19.3 Å². The summed E-state index contributed by atoms with van der Waals surface area (Å²) in [6.07, 6.45) is 9.39. The highest BCUT2D eigenvalue weighted by atomic mass is 16.5. The van der Waals surface area contributed by atoms with Gasteiger partial charge in [0.2, 0.25) is 5.88 Å². The van der Waals surface area contributed by atoms with E-state index < -0.39 is 5.97 Å². The van der Waals surface area contributed by atoms with Crippen molar-refractivity contribution in [1.29, 1.82) is 0 Å². The summed E-state index contributed by atoms with van der Waals surface area (Å²) in [7, 11) is 1.65. The molecule has 3 fully saturated rings. The second-order valence-corrected chi connectivity index (χ2v) is 12.8. The molecule has 2 aliphatic heterocycles. The number of benzene rings is 1. The van der Waals surface area contributed by atoms with Gasteiger partial charge in [0.25, 0.3) is 5.91 Å². The number of hydrogen-bond acceptors (Lipinski definition) is 8. The number of ether oxygens (including phenoxy) is 3. The normalized spacial score (nSPS) is 18.2. The van der Waals surface area contributed by atoms with Gasteiger partial charge in [-0.05, 0) is 98.1 Å². The third-order valence-electron chi connectivity index (χ3n) is 9.58.